The summed E-state index contributed by atoms with van der Waals surface area (Å²) in [4.78, 5) is 43.4. The second kappa shape index (κ2) is 8.56. The molecule has 0 unspecified atom stereocenters. The van der Waals surface area contributed by atoms with Gasteiger partial charge in [-0.05, 0) is 24.6 Å². The minimum absolute atomic E-state index is 0.245. The molecule has 8 heteroatoms. The van der Waals surface area contributed by atoms with E-state index in [0.29, 0.717) is 29.3 Å². The van der Waals surface area contributed by atoms with Gasteiger partial charge in [0.1, 0.15) is 0 Å². The van der Waals surface area contributed by atoms with E-state index in [0.717, 1.165) is 11.3 Å². The number of carbonyl (C=O) groups is 3. The molecule has 0 radical (unpaired) electrons. The van der Waals surface area contributed by atoms with Crippen LogP contribution in [0.4, 0.5) is 5.13 Å². The van der Waals surface area contributed by atoms with E-state index >= 15 is 0 Å². The molecule has 0 saturated heterocycles. The van der Waals surface area contributed by atoms with Crippen molar-refractivity contribution in [2.24, 2.45) is 0 Å². The number of amides is 3. The molecule has 4 rings (SSSR count). The predicted molar refractivity (Wildman–Crippen MR) is 114 cm³/mol. The van der Waals surface area contributed by atoms with Crippen molar-refractivity contribution in [2.45, 2.75) is 6.42 Å². The monoisotopic (exact) mass is 421 g/mol. The molecule has 7 nitrogen and oxygen atoms in total. The number of hydrogen-bond acceptors (Lipinski definition) is 6. The first-order valence-electron chi connectivity index (χ1n) is 9.40. The Bertz CT molecular complexity index is 1110. The molecule has 0 saturated carbocycles. The van der Waals surface area contributed by atoms with E-state index in [2.05, 4.69) is 10.3 Å². The first kappa shape index (κ1) is 19.9. The highest BCUT2D eigenvalue weighted by molar-refractivity contribution is 7.14. The van der Waals surface area contributed by atoms with Crippen LogP contribution in [0.15, 0.2) is 53.9 Å². The number of imide groups is 1. The Morgan fingerprint density at radius 1 is 1.10 bits per heavy atom. The Morgan fingerprint density at radius 3 is 2.63 bits per heavy atom. The average Bonchev–Trinajstić information content (AvgIpc) is 3.33. The molecule has 0 spiro atoms. The summed E-state index contributed by atoms with van der Waals surface area (Å²) in [6, 6.07) is 14.2. The number of rotatable bonds is 7. The average molecular weight is 421 g/mol. The lowest BCUT2D eigenvalue weighted by molar-refractivity contribution is 0.0638. The van der Waals surface area contributed by atoms with Crippen molar-refractivity contribution in [1.82, 2.24) is 9.88 Å². The third-order valence-electron chi connectivity index (χ3n) is 4.76. The van der Waals surface area contributed by atoms with Crippen molar-refractivity contribution < 1.29 is 19.1 Å². The third kappa shape index (κ3) is 3.87. The largest absolute Gasteiger partial charge is 0.385 e. The second-order valence-corrected chi connectivity index (χ2v) is 7.58. The Morgan fingerprint density at radius 2 is 1.87 bits per heavy atom. The van der Waals surface area contributed by atoms with Crippen LogP contribution in [0, 0.1) is 0 Å². The van der Waals surface area contributed by atoms with Gasteiger partial charge in [0.25, 0.3) is 17.7 Å². The van der Waals surface area contributed by atoms with Crippen LogP contribution < -0.4 is 5.32 Å². The van der Waals surface area contributed by atoms with Crippen LogP contribution in [0.2, 0.25) is 0 Å². The maximum atomic E-state index is 12.7. The van der Waals surface area contributed by atoms with E-state index in [-0.39, 0.29) is 29.8 Å². The fourth-order valence-electron chi connectivity index (χ4n) is 3.24. The molecule has 2 heterocycles. The summed E-state index contributed by atoms with van der Waals surface area (Å²) >= 11 is 1.32. The summed E-state index contributed by atoms with van der Waals surface area (Å²) in [5, 5.41) is 5.09. The van der Waals surface area contributed by atoms with Gasteiger partial charge < -0.3 is 4.74 Å². The Kier molecular flexibility index (Phi) is 5.69. The molecule has 0 fully saturated rings. The van der Waals surface area contributed by atoms with Gasteiger partial charge in [-0.15, -0.1) is 11.3 Å². The fraction of sp³-hybridized carbons (Fsp3) is 0.182. The number of thiazole rings is 1. The van der Waals surface area contributed by atoms with Gasteiger partial charge >= 0.3 is 0 Å². The molecule has 152 valence electrons. The molecule has 0 atom stereocenters. The summed E-state index contributed by atoms with van der Waals surface area (Å²) in [6.45, 7) is 0.739. The maximum Gasteiger partial charge on any atom is 0.261 e. The summed E-state index contributed by atoms with van der Waals surface area (Å²) in [5.41, 5.74) is 2.59. The molecule has 1 aromatic heterocycles. The summed E-state index contributed by atoms with van der Waals surface area (Å²) < 4.78 is 4.98. The van der Waals surface area contributed by atoms with Gasteiger partial charge in [-0.3, -0.25) is 24.6 Å². The van der Waals surface area contributed by atoms with Crippen molar-refractivity contribution in [3.63, 3.8) is 0 Å². The lowest BCUT2D eigenvalue weighted by atomic mass is 10.1. The number of aromatic nitrogens is 1. The van der Waals surface area contributed by atoms with Crippen molar-refractivity contribution in [3.05, 3.63) is 70.6 Å². The standard InChI is InChI=1S/C22H19N3O4S/c1-29-11-5-10-25-20(27)16-9-8-15(12-17(16)21(25)28)19(26)24-22-23-18(13-30-22)14-6-3-2-4-7-14/h2-4,6-9,12-13H,5,10-11H2,1H3,(H,23,24,26). The van der Waals surface area contributed by atoms with Crippen LogP contribution in [-0.4, -0.2) is 47.9 Å². The van der Waals surface area contributed by atoms with Crippen LogP contribution in [0.25, 0.3) is 11.3 Å². The van der Waals surface area contributed by atoms with Crippen LogP contribution in [0.3, 0.4) is 0 Å². The van der Waals surface area contributed by atoms with Crippen molar-refractivity contribution in [2.75, 3.05) is 25.6 Å². The van der Waals surface area contributed by atoms with Crippen molar-refractivity contribution in [1.29, 1.82) is 0 Å². The van der Waals surface area contributed by atoms with E-state index in [1.165, 1.54) is 28.4 Å². The number of nitrogens with zero attached hydrogens (tertiary/aromatic N) is 2. The number of anilines is 1. The second-order valence-electron chi connectivity index (χ2n) is 6.73. The molecule has 0 bridgehead atoms. The zero-order chi connectivity index (χ0) is 21.1. The van der Waals surface area contributed by atoms with E-state index in [9.17, 15) is 14.4 Å². The SMILES string of the molecule is COCCCN1C(=O)c2ccc(C(=O)Nc3nc(-c4ccccc4)cs3)cc2C1=O. The molecule has 1 aliphatic heterocycles. The van der Waals surface area contributed by atoms with Crippen LogP contribution in [0.5, 0.6) is 0 Å². The molecule has 2 aromatic carbocycles. The molecular weight excluding hydrogens is 402 g/mol. The lowest BCUT2D eigenvalue weighted by Crippen LogP contribution is -2.31. The first-order valence-corrected chi connectivity index (χ1v) is 10.3. The molecular formula is C22H19N3O4S. The smallest absolute Gasteiger partial charge is 0.261 e. The van der Waals surface area contributed by atoms with Gasteiger partial charge in [-0.25, -0.2) is 4.98 Å². The molecule has 1 aliphatic rings. The quantitative estimate of drug-likeness (QED) is 0.464. The molecule has 3 amide bonds. The number of nitrogens with one attached hydrogen (secondary N) is 1. The Labute approximate surface area is 177 Å². The lowest BCUT2D eigenvalue weighted by Gasteiger charge is -2.12. The molecule has 0 aliphatic carbocycles. The van der Waals surface area contributed by atoms with Crippen LogP contribution in [-0.2, 0) is 4.74 Å². The number of hydrogen-bond donors (Lipinski definition) is 1. The number of fused-ring (bicyclic) bond motifs is 1. The van der Waals surface area contributed by atoms with Gasteiger partial charge in [-0.2, -0.15) is 0 Å². The van der Waals surface area contributed by atoms with E-state index in [1.54, 1.807) is 13.2 Å². The Balaban J connectivity index is 1.49. The minimum atomic E-state index is -0.388. The topological polar surface area (TPSA) is 88.6 Å². The predicted octanol–water partition coefficient (Wildman–Crippen LogP) is 3.69. The van der Waals surface area contributed by atoms with Gasteiger partial charge in [0, 0.05) is 36.8 Å². The zero-order valence-corrected chi connectivity index (χ0v) is 17.1. The molecule has 1 N–H and O–H groups in total. The normalized spacial score (nSPS) is 12.9. The number of methoxy groups -OCH3 is 1. The highest BCUT2D eigenvalue weighted by Gasteiger charge is 2.35. The maximum absolute atomic E-state index is 12.7. The van der Waals surface area contributed by atoms with Gasteiger partial charge in [0.15, 0.2) is 5.13 Å². The van der Waals surface area contributed by atoms with Gasteiger partial charge in [0.2, 0.25) is 0 Å². The summed E-state index contributed by atoms with van der Waals surface area (Å²) in [6.07, 6.45) is 0.559. The summed E-state index contributed by atoms with van der Waals surface area (Å²) in [5.74, 6) is -1.11. The fourth-order valence-corrected chi connectivity index (χ4v) is 3.96. The van der Waals surface area contributed by atoms with E-state index < -0.39 is 0 Å². The van der Waals surface area contributed by atoms with Crippen LogP contribution >= 0.6 is 11.3 Å². The van der Waals surface area contributed by atoms with E-state index in [4.69, 9.17) is 4.74 Å². The molecule has 3 aromatic rings. The highest BCUT2D eigenvalue weighted by Crippen LogP contribution is 2.27. The zero-order valence-electron chi connectivity index (χ0n) is 16.3. The highest BCUT2D eigenvalue weighted by atomic mass is 32.1. The third-order valence-corrected chi connectivity index (χ3v) is 5.51. The van der Waals surface area contributed by atoms with Crippen molar-refractivity contribution >= 4 is 34.2 Å². The van der Waals surface area contributed by atoms with Gasteiger partial charge in [0.05, 0.1) is 16.8 Å². The van der Waals surface area contributed by atoms with Gasteiger partial charge in [-0.1, -0.05) is 30.3 Å². The van der Waals surface area contributed by atoms with Crippen molar-refractivity contribution in [3.8, 4) is 11.3 Å². The van der Waals surface area contributed by atoms with E-state index in [1.807, 2.05) is 35.7 Å². The molecule has 30 heavy (non-hydrogen) atoms. The Hall–Kier alpha value is -3.36. The van der Waals surface area contributed by atoms with Crippen LogP contribution in [0.1, 0.15) is 37.5 Å². The number of ether oxygens (including phenoxy) is 1. The number of carbonyl (C=O) groups excluding carboxylic acids is 3. The minimum Gasteiger partial charge on any atom is -0.385 e. The summed E-state index contributed by atoms with van der Waals surface area (Å²) in [7, 11) is 1.57. The first-order chi connectivity index (χ1) is 14.6. The number of benzene rings is 2.